The molecule has 68 valence electrons. The maximum absolute atomic E-state index is 6.16. The Morgan fingerprint density at radius 1 is 1.08 bits per heavy atom. The Morgan fingerprint density at radius 3 is 2.42 bits per heavy atom. The van der Waals surface area contributed by atoms with E-state index in [1.54, 1.807) is 0 Å². The summed E-state index contributed by atoms with van der Waals surface area (Å²) >= 11 is 0. The molecule has 0 unspecified atom stereocenters. The van der Waals surface area contributed by atoms with Gasteiger partial charge < -0.3 is 10.1 Å². The van der Waals surface area contributed by atoms with Crippen LogP contribution in [0.4, 0.5) is 0 Å². The van der Waals surface area contributed by atoms with Gasteiger partial charge in [-0.1, -0.05) is 0 Å². The lowest BCUT2D eigenvalue weighted by molar-refractivity contribution is -0.247. The molecule has 3 rings (SSSR count). The third-order valence-corrected chi connectivity index (χ3v) is 3.50. The maximum atomic E-state index is 6.16. The van der Waals surface area contributed by atoms with E-state index in [1.807, 2.05) is 0 Å². The van der Waals surface area contributed by atoms with Crippen LogP contribution >= 0.6 is 0 Å². The largest absolute Gasteiger partial charge is 0.351 e. The molecule has 3 fully saturated rings. The fraction of sp³-hybridized carbons (Fsp3) is 1.00. The molecule has 3 heteroatoms. The molecule has 2 saturated heterocycles. The minimum absolute atomic E-state index is 0.0976. The van der Waals surface area contributed by atoms with Gasteiger partial charge in [0.1, 0.15) is 5.72 Å². The molecular weight excluding hydrogens is 152 g/mol. The molecule has 3 nitrogen and oxygen atoms in total. The molecule has 0 radical (unpaired) electrons. The van der Waals surface area contributed by atoms with E-state index in [4.69, 9.17) is 4.74 Å². The first-order valence-corrected chi connectivity index (χ1v) is 4.99. The average Bonchev–Trinajstić information content (AvgIpc) is 1.99. The number of hydrogen-bond acceptors (Lipinski definition) is 3. The Bertz CT molecular complexity index is 177. The summed E-state index contributed by atoms with van der Waals surface area (Å²) in [6.45, 7) is 3.27. The number of hydrogen-bond donors (Lipinski definition) is 2. The van der Waals surface area contributed by atoms with Gasteiger partial charge in [0.2, 0.25) is 0 Å². The summed E-state index contributed by atoms with van der Waals surface area (Å²) in [7, 11) is 0. The summed E-state index contributed by atoms with van der Waals surface area (Å²) in [5.41, 5.74) is 0.312. The Hall–Kier alpha value is -0.120. The van der Waals surface area contributed by atoms with Crippen LogP contribution < -0.4 is 10.6 Å². The first-order chi connectivity index (χ1) is 5.83. The van der Waals surface area contributed by atoms with Crippen molar-refractivity contribution < 1.29 is 4.74 Å². The van der Waals surface area contributed by atoms with Crippen LogP contribution in [0.5, 0.6) is 0 Å². The van der Waals surface area contributed by atoms with Gasteiger partial charge in [-0.05, 0) is 25.7 Å². The van der Waals surface area contributed by atoms with Gasteiger partial charge >= 0.3 is 0 Å². The van der Waals surface area contributed by atoms with Crippen molar-refractivity contribution in [2.45, 2.75) is 37.0 Å². The minimum atomic E-state index is 0.0976. The topological polar surface area (TPSA) is 33.3 Å². The zero-order valence-corrected chi connectivity index (χ0v) is 7.36. The first kappa shape index (κ1) is 7.30. The Balaban J connectivity index is 1.74. The Morgan fingerprint density at radius 2 is 1.92 bits per heavy atom. The highest BCUT2D eigenvalue weighted by atomic mass is 16.5. The summed E-state index contributed by atoms with van der Waals surface area (Å²) in [5.74, 6) is 0. The molecule has 3 aliphatic rings. The molecule has 1 saturated carbocycles. The van der Waals surface area contributed by atoms with Crippen LogP contribution in [0.15, 0.2) is 0 Å². The summed E-state index contributed by atoms with van der Waals surface area (Å²) in [6, 6.07) is 0. The van der Waals surface area contributed by atoms with Crippen molar-refractivity contribution in [2.75, 3.05) is 19.6 Å². The van der Waals surface area contributed by atoms with E-state index in [2.05, 4.69) is 10.6 Å². The second-order valence-corrected chi connectivity index (χ2v) is 4.41. The zero-order chi connectivity index (χ0) is 8.07. The fourth-order valence-corrected chi connectivity index (χ4v) is 2.45. The van der Waals surface area contributed by atoms with Gasteiger partial charge in [0, 0.05) is 19.6 Å². The summed E-state index contributed by atoms with van der Waals surface area (Å²) in [5, 5.41) is 6.81. The summed E-state index contributed by atoms with van der Waals surface area (Å²) < 4.78 is 6.16. The van der Waals surface area contributed by atoms with E-state index in [1.165, 1.54) is 25.7 Å². The molecule has 0 bridgehead atoms. The maximum Gasteiger partial charge on any atom is 0.120 e. The van der Waals surface area contributed by atoms with Crippen LogP contribution in [-0.4, -0.2) is 31.0 Å². The van der Waals surface area contributed by atoms with E-state index >= 15 is 0 Å². The normalized spacial score (nSPS) is 36.0. The smallest absolute Gasteiger partial charge is 0.120 e. The van der Waals surface area contributed by atoms with E-state index < -0.39 is 0 Å². The fourth-order valence-electron chi connectivity index (χ4n) is 2.45. The molecule has 12 heavy (non-hydrogen) atoms. The van der Waals surface area contributed by atoms with Crippen molar-refractivity contribution in [3.8, 4) is 0 Å². The van der Waals surface area contributed by atoms with Gasteiger partial charge in [-0.3, -0.25) is 5.32 Å². The third kappa shape index (κ3) is 0.873. The molecule has 0 aromatic rings. The number of nitrogens with one attached hydrogen (secondary N) is 2. The van der Waals surface area contributed by atoms with Crippen LogP contribution in [0.3, 0.4) is 0 Å². The molecular formula is C9H16N2O. The van der Waals surface area contributed by atoms with Gasteiger partial charge in [0.25, 0.3) is 0 Å². The van der Waals surface area contributed by atoms with Gasteiger partial charge in [0.15, 0.2) is 0 Å². The molecule has 2 heterocycles. The molecule has 0 aromatic carbocycles. The lowest BCUT2D eigenvalue weighted by Gasteiger charge is -2.56. The average molecular weight is 168 g/mol. The zero-order valence-electron chi connectivity index (χ0n) is 7.36. The van der Waals surface area contributed by atoms with E-state index in [0.717, 1.165) is 19.6 Å². The van der Waals surface area contributed by atoms with Gasteiger partial charge in [0.05, 0.1) is 5.60 Å². The van der Waals surface area contributed by atoms with Gasteiger partial charge in [-0.15, -0.1) is 0 Å². The van der Waals surface area contributed by atoms with Gasteiger partial charge in [-0.2, -0.15) is 0 Å². The predicted molar refractivity (Wildman–Crippen MR) is 45.9 cm³/mol. The van der Waals surface area contributed by atoms with Crippen LogP contribution in [0.1, 0.15) is 25.7 Å². The number of rotatable bonds is 0. The highest BCUT2D eigenvalue weighted by Crippen LogP contribution is 2.41. The molecule has 2 aliphatic heterocycles. The minimum Gasteiger partial charge on any atom is -0.351 e. The van der Waals surface area contributed by atoms with Gasteiger partial charge in [-0.25, -0.2) is 0 Å². The predicted octanol–water partition coefficient (Wildman–Crippen LogP) is 0.218. The summed E-state index contributed by atoms with van der Waals surface area (Å²) in [4.78, 5) is 0. The van der Waals surface area contributed by atoms with Crippen molar-refractivity contribution >= 4 is 0 Å². The van der Waals surface area contributed by atoms with Crippen molar-refractivity contribution in [2.24, 2.45) is 0 Å². The monoisotopic (exact) mass is 168 g/mol. The standard InChI is InChI=1S/C9H16N2O/c1-2-9(3-1)11-5-4-8(12-9)6-10-7-8/h10-11H,1-7H2. The van der Waals surface area contributed by atoms with Crippen LogP contribution in [0.2, 0.25) is 0 Å². The summed E-state index contributed by atoms with van der Waals surface area (Å²) in [6.07, 6.45) is 4.95. The lowest BCUT2D eigenvalue weighted by atomic mass is 9.82. The quantitative estimate of drug-likeness (QED) is 0.543. The molecule has 0 amide bonds. The van der Waals surface area contributed by atoms with Crippen LogP contribution in [-0.2, 0) is 4.74 Å². The lowest BCUT2D eigenvalue weighted by Crippen LogP contribution is -2.72. The Labute approximate surface area is 72.9 Å². The van der Waals surface area contributed by atoms with Crippen molar-refractivity contribution in [3.05, 3.63) is 0 Å². The van der Waals surface area contributed by atoms with Crippen molar-refractivity contribution in [1.29, 1.82) is 0 Å². The second kappa shape index (κ2) is 2.22. The van der Waals surface area contributed by atoms with E-state index in [9.17, 15) is 0 Å². The van der Waals surface area contributed by atoms with Crippen LogP contribution in [0, 0.1) is 0 Å². The van der Waals surface area contributed by atoms with Crippen molar-refractivity contribution in [3.63, 3.8) is 0 Å². The highest BCUT2D eigenvalue weighted by Gasteiger charge is 2.51. The molecule has 0 aromatic heterocycles. The van der Waals surface area contributed by atoms with Crippen LogP contribution in [0.25, 0.3) is 0 Å². The van der Waals surface area contributed by atoms with E-state index in [-0.39, 0.29) is 11.3 Å². The molecule has 1 aliphatic carbocycles. The highest BCUT2D eigenvalue weighted by molar-refractivity contribution is 5.03. The number of ether oxygens (including phenoxy) is 1. The molecule has 2 spiro atoms. The Kier molecular flexibility index (Phi) is 1.35. The van der Waals surface area contributed by atoms with E-state index in [0.29, 0.717) is 0 Å². The SMILES string of the molecule is C1CC2(C1)NCCC1(CNC1)O2. The third-order valence-electron chi connectivity index (χ3n) is 3.50. The second-order valence-electron chi connectivity index (χ2n) is 4.41. The first-order valence-electron chi connectivity index (χ1n) is 4.99. The molecule has 2 N–H and O–H groups in total. The molecule has 0 atom stereocenters. The van der Waals surface area contributed by atoms with Crippen molar-refractivity contribution in [1.82, 2.24) is 10.6 Å².